The van der Waals surface area contributed by atoms with Gasteiger partial charge in [-0.2, -0.15) is 0 Å². The van der Waals surface area contributed by atoms with E-state index in [4.69, 9.17) is 23.2 Å². The van der Waals surface area contributed by atoms with E-state index >= 15 is 0 Å². The Balaban J connectivity index is 6.49. The lowest BCUT2D eigenvalue weighted by molar-refractivity contribution is -0.423. The van der Waals surface area contributed by atoms with Gasteiger partial charge < -0.3 is 9.80 Å². The minimum absolute atomic E-state index is 0.0438. The number of halogens is 3. The Morgan fingerprint density at radius 2 is 1.14 bits per heavy atom. The van der Waals surface area contributed by atoms with Crippen LogP contribution in [0.15, 0.2) is 20.5 Å². The second-order valence-electron chi connectivity index (χ2n) is 6.89. The molecule has 0 rings (SSSR count). The molecule has 0 saturated heterocycles. The van der Waals surface area contributed by atoms with Crippen LogP contribution in [0, 0.1) is 10.1 Å². The molecule has 164 valence electrons. The largest absolute Gasteiger partial charge is 0.353 e. The first-order chi connectivity index (χ1) is 13.3. The zero-order chi connectivity index (χ0) is 21.5. The van der Waals surface area contributed by atoms with E-state index < -0.39 is 4.92 Å². The molecule has 0 aliphatic rings. The van der Waals surface area contributed by atoms with E-state index in [9.17, 15) is 10.1 Å². The van der Waals surface area contributed by atoms with Crippen molar-refractivity contribution in [3.8, 4) is 0 Å². The standard InChI is InChI=1S/C20H36BrCl2N3O2/c1-5-9-13-24(14-10-6-2)20(18(26(27)28)17(22)19(21)23)25(15-11-7-3)16-12-8-4/h5-16H2,1-4H3/b19-17-. The van der Waals surface area contributed by atoms with E-state index in [1.165, 1.54) is 0 Å². The molecule has 0 saturated carbocycles. The fourth-order valence-electron chi connectivity index (χ4n) is 2.89. The number of allylic oxidation sites excluding steroid dienone is 1. The van der Waals surface area contributed by atoms with Crippen molar-refractivity contribution in [3.63, 3.8) is 0 Å². The van der Waals surface area contributed by atoms with Crippen LogP contribution in [0.25, 0.3) is 0 Å². The molecule has 0 N–H and O–H groups in total. The number of hydrogen-bond donors (Lipinski definition) is 0. The summed E-state index contributed by atoms with van der Waals surface area (Å²) >= 11 is 15.5. The van der Waals surface area contributed by atoms with Crippen LogP contribution < -0.4 is 0 Å². The lowest BCUT2D eigenvalue weighted by Crippen LogP contribution is -2.40. The molecule has 0 aromatic heterocycles. The quantitative estimate of drug-likeness (QED) is 0.127. The van der Waals surface area contributed by atoms with Crippen LogP contribution in [-0.2, 0) is 0 Å². The van der Waals surface area contributed by atoms with Crippen LogP contribution in [0.4, 0.5) is 0 Å². The average Bonchev–Trinajstić information content (AvgIpc) is 2.66. The lowest BCUT2D eigenvalue weighted by atomic mass is 10.2. The Morgan fingerprint density at radius 3 is 1.36 bits per heavy atom. The van der Waals surface area contributed by atoms with Gasteiger partial charge in [-0.1, -0.05) is 76.6 Å². The molecule has 5 nitrogen and oxygen atoms in total. The van der Waals surface area contributed by atoms with E-state index in [0.29, 0.717) is 5.82 Å². The highest BCUT2D eigenvalue weighted by atomic mass is 79.9. The summed E-state index contributed by atoms with van der Waals surface area (Å²) in [6.07, 6.45) is 7.97. The van der Waals surface area contributed by atoms with Crippen LogP contribution >= 0.6 is 39.1 Å². The Bertz CT molecular complexity index is 486. The maximum atomic E-state index is 12.1. The van der Waals surface area contributed by atoms with Crippen molar-refractivity contribution in [3.05, 3.63) is 30.6 Å². The molecule has 0 fully saturated rings. The van der Waals surface area contributed by atoms with E-state index in [1.54, 1.807) is 0 Å². The van der Waals surface area contributed by atoms with Gasteiger partial charge in [0.15, 0.2) is 5.82 Å². The Labute approximate surface area is 189 Å². The van der Waals surface area contributed by atoms with E-state index in [2.05, 4.69) is 53.4 Å². The minimum Gasteiger partial charge on any atom is -0.353 e. The van der Waals surface area contributed by atoms with Crippen LogP contribution in [-0.4, -0.2) is 40.9 Å². The smallest absolute Gasteiger partial charge is 0.329 e. The predicted octanol–water partition coefficient (Wildman–Crippen LogP) is 7.28. The topological polar surface area (TPSA) is 49.6 Å². The zero-order valence-corrected chi connectivity index (χ0v) is 20.9. The van der Waals surface area contributed by atoms with Crippen molar-refractivity contribution in [1.82, 2.24) is 9.80 Å². The summed E-state index contributed by atoms with van der Waals surface area (Å²) in [5, 5.41) is 12.0. The second-order valence-corrected chi connectivity index (χ2v) is 8.90. The highest BCUT2D eigenvalue weighted by molar-refractivity contribution is 9.12. The third kappa shape index (κ3) is 9.84. The Morgan fingerprint density at radius 1 is 0.821 bits per heavy atom. The molecule has 28 heavy (non-hydrogen) atoms. The summed E-state index contributed by atoms with van der Waals surface area (Å²) in [5.74, 6) is 0.608. The fourth-order valence-corrected chi connectivity index (χ4v) is 3.32. The molecule has 0 aromatic carbocycles. The number of nitrogens with zero attached hydrogens (tertiary/aromatic N) is 3. The van der Waals surface area contributed by atoms with Gasteiger partial charge in [-0.05, 0) is 41.6 Å². The normalized spacial score (nSPS) is 11.8. The number of nitro groups is 1. The van der Waals surface area contributed by atoms with E-state index in [-0.39, 0.29) is 14.7 Å². The van der Waals surface area contributed by atoms with Gasteiger partial charge in [-0.15, -0.1) is 0 Å². The minimum atomic E-state index is -0.392. The van der Waals surface area contributed by atoms with Crippen molar-refractivity contribution >= 4 is 39.1 Å². The highest BCUT2D eigenvalue weighted by Gasteiger charge is 2.32. The first-order valence-electron chi connectivity index (χ1n) is 10.4. The van der Waals surface area contributed by atoms with Gasteiger partial charge in [0.25, 0.3) is 0 Å². The van der Waals surface area contributed by atoms with Crippen LogP contribution in [0.3, 0.4) is 0 Å². The summed E-state index contributed by atoms with van der Waals surface area (Å²) in [6.45, 7) is 11.6. The maximum Gasteiger partial charge on any atom is 0.329 e. The van der Waals surface area contributed by atoms with Crippen LogP contribution in [0.5, 0.6) is 0 Å². The molecule has 0 aliphatic heterocycles. The summed E-state index contributed by atoms with van der Waals surface area (Å²) in [5.41, 5.74) is -0.108. The molecule has 8 heteroatoms. The molecule has 0 amide bonds. The summed E-state index contributed by atoms with van der Waals surface area (Å²) in [7, 11) is 0. The van der Waals surface area contributed by atoms with Gasteiger partial charge in [0.2, 0.25) is 0 Å². The van der Waals surface area contributed by atoms with Gasteiger partial charge in [-0.3, -0.25) is 10.1 Å². The summed E-state index contributed by atoms with van der Waals surface area (Å²) in [4.78, 5) is 16.0. The van der Waals surface area contributed by atoms with Crippen molar-refractivity contribution < 1.29 is 4.92 Å². The van der Waals surface area contributed by atoms with Gasteiger partial charge in [0.1, 0.15) is 8.97 Å². The third-order valence-electron chi connectivity index (χ3n) is 4.49. The van der Waals surface area contributed by atoms with Crippen molar-refractivity contribution in [1.29, 1.82) is 0 Å². The summed E-state index contributed by atoms with van der Waals surface area (Å²) < 4.78 is 0.0650. The highest BCUT2D eigenvalue weighted by Crippen LogP contribution is 2.32. The predicted molar refractivity (Wildman–Crippen MR) is 124 cm³/mol. The monoisotopic (exact) mass is 499 g/mol. The number of unbranched alkanes of at least 4 members (excludes halogenated alkanes) is 4. The zero-order valence-electron chi connectivity index (χ0n) is 17.8. The van der Waals surface area contributed by atoms with E-state index in [0.717, 1.165) is 77.5 Å². The molecule has 0 aromatic rings. The first-order valence-corrected chi connectivity index (χ1v) is 12.0. The third-order valence-corrected chi connectivity index (χ3v) is 5.77. The second kappa shape index (κ2) is 16.3. The fraction of sp³-hybridized carbons (Fsp3) is 0.800. The number of rotatable bonds is 16. The molecule has 0 bridgehead atoms. The molecular formula is C20H36BrCl2N3O2. The van der Waals surface area contributed by atoms with Crippen LogP contribution in [0.1, 0.15) is 79.1 Å². The van der Waals surface area contributed by atoms with Crippen molar-refractivity contribution in [2.75, 3.05) is 26.2 Å². The summed E-state index contributed by atoms with van der Waals surface area (Å²) in [6, 6.07) is 0. The maximum absolute atomic E-state index is 12.1. The molecule has 0 radical (unpaired) electrons. The van der Waals surface area contributed by atoms with Gasteiger partial charge in [0, 0.05) is 26.2 Å². The molecular weight excluding hydrogens is 465 g/mol. The average molecular weight is 501 g/mol. The van der Waals surface area contributed by atoms with Gasteiger partial charge in [0.05, 0.1) is 4.92 Å². The Hall–Kier alpha value is -0.460. The molecule has 0 atom stereocenters. The van der Waals surface area contributed by atoms with Crippen LogP contribution in [0.2, 0.25) is 0 Å². The number of hydrogen-bond acceptors (Lipinski definition) is 4. The van der Waals surface area contributed by atoms with Crippen molar-refractivity contribution in [2.45, 2.75) is 79.1 Å². The van der Waals surface area contributed by atoms with Gasteiger partial charge >= 0.3 is 5.70 Å². The molecule has 0 aliphatic carbocycles. The SMILES string of the molecule is CCCCN(CCCC)C(=C(/C(Cl)=C(/Cl)Br)[N+](=O)[O-])N(CCCC)CCCC. The molecule has 0 unspecified atom stereocenters. The first kappa shape index (κ1) is 27.5. The molecule has 0 spiro atoms. The van der Waals surface area contributed by atoms with E-state index in [1.807, 2.05) is 0 Å². The Kier molecular flexibility index (Phi) is 16.1. The van der Waals surface area contributed by atoms with Gasteiger partial charge in [-0.25, -0.2) is 0 Å². The molecule has 0 heterocycles. The lowest BCUT2D eigenvalue weighted by Gasteiger charge is -2.36. The van der Waals surface area contributed by atoms with Crippen molar-refractivity contribution in [2.24, 2.45) is 0 Å².